The second-order valence-electron chi connectivity index (χ2n) is 8.21. The van der Waals surface area contributed by atoms with Crippen LogP contribution in [0.25, 0.3) is 11.2 Å². The summed E-state index contributed by atoms with van der Waals surface area (Å²) in [5.41, 5.74) is -0.130. The first-order chi connectivity index (χ1) is 11.9. The van der Waals surface area contributed by atoms with Crippen molar-refractivity contribution in [2.24, 2.45) is 18.9 Å². The van der Waals surface area contributed by atoms with Crippen LogP contribution in [0.5, 0.6) is 0 Å². The maximum atomic E-state index is 13.0. The molecular weight excluding hydrogens is 320 g/mol. The van der Waals surface area contributed by atoms with E-state index in [1.807, 2.05) is 11.5 Å². The van der Waals surface area contributed by atoms with Gasteiger partial charge >= 0.3 is 5.69 Å². The van der Waals surface area contributed by atoms with Gasteiger partial charge in [-0.25, -0.2) is 9.78 Å². The molecule has 4 rings (SSSR count). The third kappa shape index (κ3) is 3.05. The summed E-state index contributed by atoms with van der Waals surface area (Å²) in [6.07, 6.45) is 7.18. The van der Waals surface area contributed by atoms with Gasteiger partial charge in [0.2, 0.25) is 0 Å². The number of nitrogens with zero attached hydrogens (tertiary/aromatic N) is 4. The highest BCUT2D eigenvalue weighted by Crippen LogP contribution is 2.32. The predicted molar refractivity (Wildman–Crippen MR) is 94.5 cm³/mol. The lowest BCUT2D eigenvalue weighted by molar-refractivity contribution is 0.00550. The van der Waals surface area contributed by atoms with Gasteiger partial charge in [0.05, 0.1) is 11.9 Å². The van der Waals surface area contributed by atoms with E-state index in [0.717, 1.165) is 19.4 Å². The van der Waals surface area contributed by atoms with Gasteiger partial charge in [0.25, 0.3) is 5.56 Å². The molecule has 7 heteroatoms. The fourth-order valence-electron chi connectivity index (χ4n) is 3.94. The molecular formula is C18H26N4O3. The number of hydrogen-bond donors (Lipinski definition) is 1. The number of hydrogen-bond acceptors (Lipinski definition) is 4. The number of aromatic nitrogens is 4. The Hall–Kier alpha value is -1.89. The van der Waals surface area contributed by atoms with Crippen LogP contribution in [0, 0.1) is 11.8 Å². The Balaban J connectivity index is 1.70. The van der Waals surface area contributed by atoms with Gasteiger partial charge in [0.15, 0.2) is 11.2 Å². The van der Waals surface area contributed by atoms with Crippen molar-refractivity contribution in [1.82, 2.24) is 18.7 Å². The van der Waals surface area contributed by atoms with Crippen molar-refractivity contribution in [3.05, 3.63) is 27.2 Å². The number of fused-ring (bicyclic) bond motifs is 1. The van der Waals surface area contributed by atoms with Gasteiger partial charge in [-0.05, 0) is 57.3 Å². The third-order valence-corrected chi connectivity index (χ3v) is 5.88. The van der Waals surface area contributed by atoms with Gasteiger partial charge < -0.3 is 9.67 Å². The van der Waals surface area contributed by atoms with Gasteiger partial charge in [-0.3, -0.25) is 13.9 Å². The van der Waals surface area contributed by atoms with E-state index in [1.165, 1.54) is 22.0 Å². The van der Waals surface area contributed by atoms with Crippen LogP contribution in [-0.4, -0.2) is 29.4 Å². The zero-order valence-electron chi connectivity index (χ0n) is 14.9. The van der Waals surface area contributed by atoms with Crippen LogP contribution >= 0.6 is 0 Å². The van der Waals surface area contributed by atoms with Gasteiger partial charge in [-0.1, -0.05) is 0 Å². The molecule has 136 valence electrons. The fourth-order valence-corrected chi connectivity index (χ4v) is 3.94. The lowest BCUT2D eigenvalue weighted by Crippen LogP contribution is -2.42. The van der Waals surface area contributed by atoms with E-state index >= 15 is 0 Å². The van der Waals surface area contributed by atoms with Crippen molar-refractivity contribution < 1.29 is 5.11 Å². The summed E-state index contributed by atoms with van der Waals surface area (Å²) in [6, 6.07) is 0. The number of aryl methyl sites for hydroxylation is 1. The van der Waals surface area contributed by atoms with Crippen molar-refractivity contribution in [3.8, 4) is 0 Å². The van der Waals surface area contributed by atoms with Gasteiger partial charge in [0, 0.05) is 20.1 Å². The minimum Gasteiger partial charge on any atom is -0.390 e. The zero-order valence-corrected chi connectivity index (χ0v) is 14.9. The molecule has 0 saturated heterocycles. The van der Waals surface area contributed by atoms with Crippen LogP contribution < -0.4 is 11.2 Å². The molecule has 0 bridgehead atoms. The topological polar surface area (TPSA) is 82.0 Å². The number of imidazole rings is 1. The molecule has 0 spiro atoms. The van der Waals surface area contributed by atoms with Gasteiger partial charge in [-0.15, -0.1) is 0 Å². The molecule has 0 radical (unpaired) electrons. The molecule has 2 heterocycles. The minimum atomic E-state index is -0.612. The van der Waals surface area contributed by atoms with E-state index in [4.69, 9.17) is 0 Å². The summed E-state index contributed by atoms with van der Waals surface area (Å²) in [7, 11) is 1.68. The van der Waals surface area contributed by atoms with E-state index in [2.05, 4.69) is 4.98 Å². The Morgan fingerprint density at radius 3 is 2.44 bits per heavy atom. The standard InChI is InChI=1S/C18H26N4O3/c1-18(25)7-5-13(6-8-18)10-22-16(23)14-15(20(2)17(22)24)19-11-21(14)9-12-3-4-12/h11-13,25H,3-10H2,1-2H3. The molecule has 0 amide bonds. The maximum Gasteiger partial charge on any atom is 0.332 e. The second kappa shape index (κ2) is 5.83. The van der Waals surface area contributed by atoms with Crippen LogP contribution in [-0.2, 0) is 20.1 Å². The average molecular weight is 346 g/mol. The molecule has 2 aliphatic carbocycles. The first kappa shape index (κ1) is 16.6. The molecule has 2 aliphatic rings. The van der Waals surface area contributed by atoms with Crippen LogP contribution in [0.2, 0.25) is 0 Å². The summed E-state index contributed by atoms with van der Waals surface area (Å²) in [5.74, 6) is 0.880. The first-order valence-corrected chi connectivity index (χ1v) is 9.23. The molecule has 0 aliphatic heterocycles. The summed E-state index contributed by atoms with van der Waals surface area (Å²) in [5, 5.41) is 10.1. The molecule has 7 nitrogen and oxygen atoms in total. The largest absolute Gasteiger partial charge is 0.390 e. The Labute approximate surface area is 145 Å². The summed E-state index contributed by atoms with van der Waals surface area (Å²) in [6.45, 7) is 3.08. The maximum absolute atomic E-state index is 13.0. The smallest absolute Gasteiger partial charge is 0.332 e. The van der Waals surface area contributed by atoms with E-state index < -0.39 is 5.60 Å². The normalized spacial score (nSPS) is 27.1. The zero-order chi connectivity index (χ0) is 17.8. The molecule has 0 unspecified atom stereocenters. The predicted octanol–water partition coefficient (Wildman–Crippen LogP) is 1.25. The lowest BCUT2D eigenvalue weighted by atomic mass is 9.80. The number of rotatable bonds is 4. The Morgan fingerprint density at radius 2 is 1.80 bits per heavy atom. The summed E-state index contributed by atoms with van der Waals surface area (Å²) >= 11 is 0. The van der Waals surface area contributed by atoms with Crippen LogP contribution in [0.4, 0.5) is 0 Å². The van der Waals surface area contributed by atoms with Crippen LogP contribution in [0.3, 0.4) is 0 Å². The quantitative estimate of drug-likeness (QED) is 0.903. The highest BCUT2D eigenvalue weighted by Gasteiger charge is 2.30. The van der Waals surface area contributed by atoms with E-state index in [1.54, 1.807) is 13.4 Å². The fraction of sp³-hybridized carbons (Fsp3) is 0.722. The van der Waals surface area contributed by atoms with Gasteiger partial charge in [-0.2, -0.15) is 0 Å². The molecule has 2 fully saturated rings. The van der Waals surface area contributed by atoms with Crippen molar-refractivity contribution in [2.75, 3.05) is 0 Å². The lowest BCUT2D eigenvalue weighted by Gasteiger charge is -2.33. The van der Waals surface area contributed by atoms with Crippen LogP contribution in [0.1, 0.15) is 45.4 Å². The molecule has 2 aromatic rings. The molecule has 2 saturated carbocycles. The molecule has 25 heavy (non-hydrogen) atoms. The molecule has 0 atom stereocenters. The molecule has 0 aromatic carbocycles. The van der Waals surface area contributed by atoms with Gasteiger partial charge in [0.1, 0.15) is 0 Å². The van der Waals surface area contributed by atoms with E-state index in [9.17, 15) is 14.7 Å². The molecule has 2 aromatic heterocycles. The van der Waals surface area contributed by atoms with Crippen molar-refractivity contribution >= 4 is 11.2 Å². The van der Waals surface area contributed by atoms with Crippen LogP contribution in [0.15, 0.2) is 15.9 Å². The van der Waals surface area contributed by atoms with E-state index in [0.29, 0.717) is 36.5 Å². The summed E-state index contributed by atoms with van der Waals surface area (Å²) < 4.78 is 4.77. The van der Waals surface area contributed by atoms with E-state index in [-0.39, 0.29) is 17.2 Å². The Bertz CT molecular complexity index is 907. The SMILES string of the molecule is Cn1c(=O)n(CC2CCC(C)(O)CC2)c(=O)c2c1ncn2CC1CC1. The highest BCUT2D eigenvalue weighted by atomic mass is 16.3. The molecule has 1 N–H and O–H groups in total. The summed E-state index contributed by atoms with van der Waals surface area (Å²) in [4.78, 5) is 30.0. The Morgan fingerprint density at radius 1 is 1.16 bits per heavy atom. The number of aliphatic hydroxyl groups is 1. The highest BCUT2D eigenvalue weighted by molar-refractivity contribution is 5.69. The monoisotopic (exact) mass is 346 g/mol. The Kier molecular flexibility index (Phi) is 3.86. The van der Waals surface area contributed by atoms with Crippen molar-refractivity contribution in [1.29, 1.82) is 0 Å². The van der Waals surface area contributed by atoms with Crippen molar-refractivity contribution in [3.63, 3.8) is 0 Å². The second-order valence-corrected chi connectivity index (χ2v) is 8.21. The average Bonchev–Trinajstić information content (AvgIpc) is 3.28. The third-order valence-electron chi connectivity index (χ3n) is 5.88. The minimum absolute atomic E-state index is 0.228. The van der Waals surface area contributed by atoms with Crippen molar-refractivity contribution in [2.45, 2.75) is 64.1 Å². The first-order valence-electron chi connectivity index (χ1n) is 9.23.